The third-order valence-electron chi connectivity index (χ3n) is 3.51. The van der Waals surface area contributed by atoms with E-state index in [0.29, 0.717) is 0 Å². The van der Waals surface area contributed by atoms with Crippen molar-refractivity contribution in [1.82, 2.24) is 0 Å². The maximum Gasteiger partial charge on any atom is 0.309 e. The highest BCUT2D eigenvalue weighted by Crippen LogP contribution is 2.76. The Morgan fingerprint density at radius 2 is 1.37 bits per heavy atom. The molecule has 0 aromatic heterocycles. The van der Waals surface area contributed by atoms with Crippen LogP contribution in [0.25, 0.3) is 0 Å². The molecule has 19 heavy (non-hydrogen) atoms. The van der Waals surface area contributed by atoms with Crippen LogP contribution in [0.15, 0.2) is 10.1 Å². The molecule has 0 aliphatic heterocycles. The molecule has 4 unspecified atom stereocenters. The minimum absolute atomic E-state index is 0.267. The van der Waals surface area contributed by atoms with E-state index >= 15 is 0 Å². The van der Waals surface area contributed by atoms with Crippen molar-refractivity contribution < 1.29 is 14.7 Å². The van der Waals surface area contributed by atoms with Gasteiger partial charge in [-0.2, -0.15) is 0 Å². The first-order valence-corrected chi connectivity index (χ1v) is 7.06. The zero-order chi connectivity index (χ0) is 15.0. The number of carbonyl (C=O) groups is 2. The summed E-state index contributed by atoms with van der Waals surface area (Å²) in [6.45, 7) is 0. The average molecular weight is 388 g/mol. The molecule has 2 rings (SSSR count). The van der Waals surface area contributed by atoms with Crippen LogP contribution in [-0.2, 0) is 9.59 Å². The third-order valence-corrected chi connectivity index (χ3v) is 7.77. The smallest absolute Gasteiger partial charge is 0.309 e. The molecular weight excluding hydrogens is 383 g/mol. The van der Waals surface area contributed by atoms with E-state index in [2.05, 4.69) is 0 Å². The van der Waals surface area contributed by atoms with Crippen molar-refractivity contribution in [3.05, 3.63) is 10.1 Å². The third kappa shape index (κ3) is 1.46. The van der Waals surface area contributed by atoms with Crippen molar-refractivity contribution in [2.24, 2.45) is 17.6 Å². The Bertz CT molecular complexity index is 490. The summed E-state index contributed by atoms with van der Waals surface area (Å²) in [5.41, 5.74) is 5.20. The molecule has 1 saturated carbocycles. The average Bonchev–Trinajstić information content (AvgIpc) is 2.48. The van der Waals surface area contributed by atoms with E-state index in [4.69, 9.17) is 75.3 Å². The molecule has 2 bridgehead atoms. The second-order valence-electron chi connectivity index (χ2n) is 4.32. The molecule has 0 saturated heterocycles. The van der Waals surface area contributed by atoms with Crippen molar-refractivity contribution in [2.45, 2.75) is 14.1 Å². The molecular formula is C9H5Cl6NO3. The predicted molar refractivity (Wildman–Crippen MR) is 74.1 cm³/mol. The first-order chi connectivity index (χ1) is 8.45. The molecule has 4 atom stereocenters. The number of fused-ring (bicyclic) bond motifs is 2. The van der Waals surface area contributed by atoms with E-state index in [0.717, 1.165) is 0 Å². The fourth-order valence-corrected chi connectivity index (χ4v) is 5.60. The van der Waals surface area contributed by atoms with E-state index in [1.807, 2.05) is 0 Å². The van der Waals surface area contributed by atoms with Crippen molar-refractivity contribution in [3.63, 3.8) is 0 Å². The van der Waals surface area contributed by atoms with Crippen LogP contribution in [0.5, 0.6) is 0 Å². The molecule has 1 amide bonds. The molecule has 106 valence electrons. The van der Waals surface area contributed by atoms with E-state index in [-0.39, 0.29) is 10.1 Å². The van der Waals surface area contributed by atoms with Gasteiger partial charge >= 0.3 is 5.97 Å². The highest BCUT2D eigenvalue weighted by atomic mass is 35.5. The Hall–Kier alpha value is 0.420. The number of carboxylic acids is 1. The van der Waals surface area contributed by atoms with Gasteiger partial charge < -0.3 is 10.8 Å². The quantitative estimate of drug-likeness (QED) is 0.715. The molecule has 0 heterocycles. The maximum atomic E-state index is 11.6. The van der Waals surface area contributed by atoms with Gasteiger partial charge in [-0.3, -0.25) is 9.59 Å². The Morgan fingerprint density at radius 3 is 1.68 bits per heavy atom. The second kappa shape index (κ2) is 4.21. The lowest BCUT2D eigenvalue weighted by Gasteiger charge is -2.32. The number of amides is 1. The zero-order valence-corrected chi connectivity index (χ0v) is 13.3. The van der Waals surface area contributed by atoms with Gasteiger partial charge in [0.15, 0.2) is 4.33 Å². The van der Waals surface area contributed by atoms with E-state index in [1.165, 1.54) is 0 Å². The predicted octanol–water partition coefficient (Wildman–Crippen LogP) is 2.63. The summed E-state index contributed by atoms with van der Waals surface area (Å²) in [6, 6.07) is 0. The van der Waals surface area contributed by atoms with Gasteiger partial charge in [-0.05, 0) is 0 Å². The normalized spacial score (nSPS) is 43.7. The molecule has 2 aliphatic rings. The van der Waals surface area contributed by atoms with Crippen LogP contribution in [0.3, 0.4) is 0 Å². The highest BCUT2D eigenvalue weighted by Gasteiger charge is 2.85. The Labute approximate surface area is 137 Å². The number of nitrogens with two attached hydrogens (primary N) is 1. The van der Waals surface area contributed by atoms with Gasteiger partial charge in [0.25, 0.3) is 0 Å². The van der Waals surface area contributed by atoms with Gasteiger partial charge in [0, 0.05) is 0 Å². The van der Waals surface area contributed by atoms with Crippen LogP contribution in [-0.4, -0.2) is 31.1 Å². The number of halogens is 6. The Balaban J connectivity index is 2.84. The number of aliphatic carboxylic acids is 1. The van der Waals surface area contributed by atoms with Crippen LogP contribution in [0, 0.1) is 11.8 Å². The monoisotopic (exact) mass is 385 g/mol. The van der Waals surface area contributed by atoms with Gasteiger partial charge in [0.1, 0.15) is 9.75 Å². The number of rotatable bonds is 2. The largest absolute Gasteiger partial charge is 0.481 e. The lowest BCUT2D eigenvalue weighted by molar-refractivity contribution is -0.146. The summed E-state index contributed by atoms with van der Waals surface area (Å²) in [6.07, 6.45) is 0. The van der Waals surface area contributed by atoms with E-state index < -0.39 is 37.8 Å². The molecule has 3 N–H and O–H groups in total. The minimum atomic E-state index is -2.10. The molecule has 0 aromatic carbocycles. The van der Waals surface area contributed by atoms with Crippen LogP contribution >= 0.6 is 69.6 Å². The number of carboxylic acid groups (broad SMARTS) is 1. The summed E-state index contributed by atoms with van der Waals surface area (Å²) < 4.78 is -2.10. The Kier molecular flexibility index (Phi) is 3.50. The first kappa shape index (κ1) is 15.8. The van der Waals surface area contributed by atoms with Crippen molar-refractivity contribution in [2.75, 3.05) is 0 Å². The van der Waals surface area contributed by atoms with Crippen molar-refractivity contribution >= 4 is 81.5 Å². The first-order valence-electron chi connectivity index (χ1n) is 4.79. The Morgan fingerprint density at radius 1 is 1.00 bits per heavy atom. The number of primary amides is 1. The fraction of sp³-hybridized carbons (Fsp3) is 0.556. The zero-order valence-electron chi connectivity index (χ0n) is 8.76. The van der Waals surface area contributed by atoms with Crippen molar-refractivity contribution in [3.8, 4) is 0 Å². The lowest BCUT2D eigenvalue weighted by Crippen LogP contribution is -2.47. The summed E-state index contributed by atoms with van der Waals surface area (Å²) >= 11 is 36.5. The molecule has 0 radical (unpaired) electrons. The molecule has 0 spiro atoms. The van der Waals surface area contributed by atoms with Gasteiger partial charge in [-0.1, -0.05) is 46.4 Å². The highest BCUT2D eigenvalue weighted by molar-refractivity contribution is 6.66. The van der Waals surface area contributed by atoms with Crippen LogP contribution in [0.2, 0.25) is 0 Å². The number of alkyl halides is 4. The van der Waals surface area contributed by atoms with E-state index in [9.17, 15) is 14.7 Å². The molecule has 2 aliphatic carbocycles. The standard InChI is InChI=1S/C9H5Cl6NO3/c10-3-4(11)8(13)2(6(18)19)1(5(16)17)7(3,12)9(8,14)15/h1-2H,(H2,16,17)(H,18,19). The van der Waals surface area contributed by atoms with E-state index in [1.54, 1.807) is 0 Å². The van der Waals surface area contributed by atoms with Gasteiger partial charge in [0.05, 0.1) is 21.9 Å². The topological polar surface area (TPSA) is 80.4 Å². The van der Waals surface area contributed by atoms with Gasteiger partial charge in [-0.15, -0.1) is 23.2 Å². The van der Waals surface area contributed by atoms with Crippen LogP contribution < -0.4 is 5.73 Å². The number of hydrogen-bond acceptors (Lipinski definition) is 2. The summed E-state index contributed by atoms with van der Waals surface area (Å²) in [5, 5.41) is 8.72. The molecule has 1 fully saturated rings. The maximum absolute atomic E-state index is 11.6. The van der Waals surface area contributed by atoms with Gasteiger partial charge in [0.2, 0.25) is 5.91 Å². The minimum Gasteiger partial charge on any atom is -0.481 e. The SMILES string of the molecule is NC(=O)C1C(C(=O)O)C2(Cl)C(Cl)=C(Cl)C1(Cl)C2(Cl)Cl. The summed E-state index contributed by atoms with van der Waals surface area (Å²) in [4.78, 5) is 19.0. The van der Waals surface area contributed by atoms with Crippen LogP contribution in [0.4, 0.5) is 0 Å². The summed E-state index contributed by atoms with van der Waals surface area (Å²) in [5.74, 6) is -5.56. The molecule has 10 heteroatoms. The van der Waals surface area contributed by atoms with Crippen LogP contribution in [0.1, 0.15) is 0 Å². The lowest BCUT2D eigenvalue weighted by atomic mass is 9.81. The van der Waals surface area contributed by atoms with Crippen molar-refractivity contribution in [1.29, 1.82) is 0 Å². The number of allylic oxidation sites excluding steroid dienone is 2. The number of carbonyl (C=O) groups excluding carboxylic acids is 1. The fourth-order valence-electron chi connectivity index (χ4n) is 2.66. The van der Waals surface area contributed by atoms with Gasteiger partial charge in [-0.25, -0.2) is 0 Å². The summed E-state index contributed by atoms with van der Waals surface area (Å²) in [7, 11) is 0. The molecule has 0 aromatic rings. The second-order valence-corrected chi connectivity index (χ2v) is 7.60. The number of hydrogen-bond donors (Lipinski definition) is 2. The molecule has 4 nitrogen and oxygen atoms in total.